The number of benzene rings is 1. The number of hydrogen-bond acceptors (Lipinski definition) is 6. The number of nitrogens with zero attached hydrogens (tertiary/aromatic N) is 4. The quantitative estimate of drug-likeness (QED) is 0.773. The molecule has 0 fully saturated rings. The van der Waals surface area contributed by atoms with Crippen molar-refractivity contribution >= 4 is 11.5 Å². The molecule has 7 heteroatoms. The SMILES string of the molecule is CC1NCCn2c1cnc2-c1nc(COCc2ccccc2)ns1. The lowest BCUT2D eigenvalue weighted by molar-refractivity contribution is 0.102. The molecule has 1 aliphatic rings. The Bertz CT molecular complexity index is 814. The molecule has 3 heterocycles. The van der Waals surface area contributed by atoms with Gasteiger partial charge in [-0.15, -0.1) is 0 Å². The van der Waals surface area contributed by atoms with Gasteiger partial charge in [-0.25, -0.2) is 9.97 Å². The van der Waals surface area contributed by atoms with Gasteiger partial charge in [-0.1, -0.05) is 30.3 Å². The van der Waals surface area contributed by atoms with Crippen molar-refractivity contribution in [3.63, 3.8) is 0 Å². The third-order valence-electron chi connectivity index (χ3n) is 4.12. The van der Waals surface area contributed by atoms with E-state index in [1.807, 2.05) is 36.5 Å². The molecule has 1 aliphatic heterocycles. The first-order valence-corrected chi connectivity index (χ1v) is 8.82. The van der Waals surface area contributed by atoms with Crippen LogP contribution in [-0.4, -0.2) is 25.5 Å². The van der Waals surface area contributed by atoms with Crippen molar-refractivity contribution in [2.75, 3.05) is 6.54 Å². The monoisotopic (exact) mass is 341 g/mol. The fraction of sp³-hybridized carbons (Fsp3) is 0.353. The van der Waals surface area contributed by atoms with Gasteiger partial charge in [-0.2, -0.15) is 4.37 Å². The van der Waals surface area contributed by atoms with E-state index in [4.69, 9.17) is 4.74 Å². The predicted octanol–water partition coefficient (Wildman–Crippen LogP) is 2.78. The molecule has 0 saturated carbocycles. The van der Waals surface area contributed by atoms with Crippen molar-refractivity contribution in [2.24, 2.45) is 0 Å². The third-order valence-corrected chi connectivity index (χ3v) is 4.87. The Morgan fingerprint density at radius 2 is 2.17 bits per heavy atom. The van der Waals surface area contributed by atoms with Gasteiger partial charge in [-0.3, -0.25) is 0 Å². The molecule has 2 aromatic heterocycles. The summed E-state index contributed by atoms with van der Waals surface area (Å²) in [6.45, 7) is 4.99. The molecule has 0 saturated heterocycles. The van der Waals surface area contributed by atoms with Gasteiger partial charge >= 0.3 is 0 Å². The van der Waals surface area contributed by atoms with Crippen molar-refractivity contribution in [2.45, 2.75) is 32.7 Å². The average Bonchev–Trinajstić information content (AvgIpc) is 3.23. The lowest BCUT2D eigenvalue weighted by Gasteiger charge is -2.23. The summed E-state index contributed by atoms with van der Waals surface area (Å²) >= 11 is 1.38. The number of nitrogens with one attached hydrogen (secondary N) is 1. The highest BCUT2D eigenvalue weighted by Crippen LogP contribution is 2.26. The van der Waals surface area contributed by atoms with Crippen LogP contribution in [0.25, 0.3) is 10.8 Å². The lowest BCUT2D eigenvalue weighted by Crippen LogP contribution is -2.31. The number of fused-ring (bicyclic) bond motifs is 1. The van der Waals surface area contributed by atoms with Crippen LogP contribution in [0.2, 0.25) is 0 Å². The molecule has 24 heavy (non-hydrogen) atoms. The zero-order chi connectivity index (χ0) is 16.4. The summed E-state index contributed by atoms with van der Waals surface area (Å²) in [4.78, 5) is 9.15. The first kappa shape index (κ1) is 15.4. The average molecular weight is 341 g/mol. The Labute approximate surface area is 144 Å². The molecule has 0 aliphatic carbocycles. The van der Waals surface area contributed by atoms with Crippen molar-refractivity contribution in [3.8, 4) is 10.8 Å². The predicted molar refractivity (Wildman–Crippen MR) is 92.5 cm³/mol. The molecule has 0 amide bonds. The Kier molecular flexibility index (Phi) is 4.38. The fourth-order valence-corrected chi connectivity index (χ4v) is 3.55. The van der Waals surface area contributed by atoms with E-state index in [1.165, 1.54) is 17.2 Å². The van der Waals surface area contributed by atoms with Gasteiger partial charge < -0.3 is 14.6 Å². The third kappa shape index (κ3) is 3.10. The number of rotatable bonds is 5. The molecule has 1 unspecified atom stereocenters. The van der Waals surface area contributed by atoms with E-state index in [2.05, 4.69) is 31.1 Å². The molecule has 3 aromatic rings. The van der Waals surface area contributed by atoms with Crippen LogP contribution in [-0.2, 0) is 24.5 Å². The molecular formula is C17H19N5OS. The summed E-state index contributed by atoms with van der Waals surface area (Å²) in [6, 6.07) is 10.4. The Balaban J connectivity index is 1.44. The Morgan fingerprint density at radius 3 is 3.04 bits per heavy atom. The van der Waals surface area contributed by atoms with E-state index in [9.17, 15) is 0 Å². The van der Waals surface area contributed by atoms with Gasteiger partial charge in [0, 0.05) is 19.1 Å². The second kappa shape index (κ2) is 6.80. The highest BCUT2D eigenvalue weighted by molar-refractivity contribution is 7.09. The van der Waals surface area contributed by atoms with Crippen LogP contribution in [0.3, 0.4) is 0 Å². The zero-order valence-corrected chi connectivity index (χ0v) is 14.3. The minimum Gasteiger partial charge on any atom is -0.369 e. The van der Waals surface area contributed by atoms with E-state index in [0.29, 0.717) is 25.1 Å². The zero-order valence-electron chi connectivity index (χ0n) is 13.5. The Hall–Kier alpha value is -2.09. The first-order chi connectivity index (χ1) is 11.8. The first-order valence-electron chi connectivity index (χ1n) is 8.04. The van der Waals surface area contributed by atoms with Gasteiger partial charge in [-0.05, 0) is 24.0 Å². The molecule has 124 valence electrons. The van der Waals surface area contributed by atoms with Gasteiger partial charge in [0.2, 0.25) is 0 Å². The molecule has 1 atom stereocenters. The Morgan fingerprint density at radius 1 is 1.29 bits per heavy atom. The smallest absolute Gasteiger partial charge is 0.179 e. The molecule has 1 N–H and O–H groups in total. The fourth-order valence-electron chi connectivity index (χ4n) is 2.88. The van der Waals surface area contributed by atoms with Crippen LogP contribution in [0.5, 0.6) is 0 Å². The minimum atomic E-state index is 0.321. The summed E-state index contributed by atoms with van der Waals surface area (Å²) in [5.41, 5.74) is 2.35. The van der Waals surface area contributed by atoms with E-state index in [-0.39, 0.29) is 0 Å². The topological polar surface area (TPSA) is 64.9 Å². The van der Waals surface area contributed by atoms with Gasteiger partial charge in [0.25, 0.3) is 0 Å². The van der Waals surface area contributed by atoms with E-state index < -0.39 is 0 Å². The number of aromatic nitrogens is 4. The van der Waals surface area contributed by atoms with Crippen LogP contribution in [0, 0.1) is 0 Å². The van der Waals surface area contributed by atoms with E-state index in [1.54, 1.807) is 0 Å². The molecule has 4 rings (SSSR count). The molecular weight excluding hydrogens is 322 g/mol. The molecule has 0 spiro atoms. The van der Waals surface area contributed by atoms with Crippen LogP contribution in [0.4, 0.5) is 0 Å². The maximum Gasteiger partial charge on any atom is 0.179 e. The standard InChI is InChI=1S/C17H19N5OS/c1-12-14-9-19-16(22(14)8-7-18-12)17-20-15(21-24-17)11-23-10-13-5-3-2-4-6-13/h2-6,9,12,18H,7-8,10-11H2,1H3. The van der Waals surface area contributed by atoms with Crippen molar-refractivity contribution in [1.82, 2.24) is 24.2 Å². The highest BCUT2D eigenvalue weighted by atomic mass is 32.1. The largest absolute Gasteiger partial charge is 0.369 e. The minimum absolute atomic E-state index is 0.321. The van der Waals surface area contributed by atoms with Gasteiger partial charge in [0.15, 0.2) is 16.7 Å². The van der Waals surface area contributed by atoms with Crippen LogP contribution < -0.4 is 5.32 Å². The highest BCUT2D eigenvalue weighted by Gasteiger charge is 2.22. The van der Waals surface area contributed by atoms with Crippen LogP contribution in [0.15, 0.2) is 36.5 Å². The molecule has 0 bridgehead atoms. The molecule has 6 nitrogen and oxygen atoms in total. The van der Waals surface area contributed by atoms with Crippen molar-refractivity contribution in [1.29, 1.82) is 0 Å². The van der Waals surface area contributed by atoms with Crippen molar-refractivity contribution < 1.29 is 4.74 Å². The maximum absolute atomic E-state index is 5.71. The molecule has 1 aromatic carbocycles. The normalized spacial score (nSPS) is 17.0. The summed E-state index contributed by atoms with van der Waals surface area (Å²) in [6.07, 6.45) is 1.93. The maximum atomic E-state index is 5.71. The number of hydrogen-bond donors (Lipinski definition) is 1. The summed E-state index contributed by atoms with van der Waals surface area (Å²) < 4.78 is 12.4. The van der Waals surface area contributed by atoms with Gasteiger partial charge in [0.05, 0.1) is 18.5 Å². The van der Waals surface area contributed by atoms with E-state index >= 15 is 0 Å². The van der Waals surface area contributed by atoms with E-state index in [0.717, 1.165) is 29.5 Å². The second-order valence-corrected chi connectivity index (χ2v) is 6.58. The van der Waals surface area contributed by atoms with Gasteiger partial charge in [0.1, 0.15) is 6.61 Å². The summed E-state index contributed by atoms with van der Waals surface area (Å²) in [5.74, 6) is 1.62. The second-order valence-electron chi connectivity index (χ2n) is 5.83. The van der Waals surface area contributed by atoms with Crippen LogP contribution in [0.1, 0.15) is 30.0 Å². The van der Waals surface area contributed by atoms with Crippen LogP contribution >= 0.6 is 11.5 Å². The number of ether oxygens (including phenoxy) is 1. The summed E-state index contributed by atoms with van der Waals surface area (Å²) in [7, 11) is 0. The molecule has 0 radical (unpaired) electrons. The summed E-state index contributed by atoms with van der Waals surface area (Å²) in [5, 5.41) is 4.29. The lowest BCUT2D eigenvalue weighted by atomic mass is 10.2. The number of imidazole rings is 1. The van der Waals surface area contributed by atoms with Crippen molar-refractivity contribution in [3.05, 3.63) is 53.6 Å².